The number of methoxy groups -OCH3 is 1. The molecule has 3 heterocycles. The molecule has 0 bridgehead atoms. The standard InChI is InChI=1S/C16H22N4O/c1-11-7-12(17-2)10-20(9-11)14-8-19-16(21-3)15-13(14)5-4-6-18-15/h4-6,8,11-12,17H,7,9-10H2,1-3H3/t11-,12?/m0/s1. The first kappa shape index (κ1) is 14.1. The molecule has 2 aromatic heterocycles. The van der Waals surface area contributed by atoms with E-state index < -0.39 is 0 Å². The van der Waals surface area contributed by atoms with Crippen LogP contribution in [0, 0.1) is 5.92 Å². The zero-order valence-corrected chi connectivity index (χ0v) is 12.8. The highest BCUT2D eigenvalue weighted by Crippen LogP contribution is 2.32. The average Bonchev–Trinajstić information content (AvgIpc) is 2.53. The number of aromatic nitrogens is 2. The van der Waals surface area contributed by atoms with Crippen LogP contribution in [0.25, 0.3) is 10.9 Å². The first-order chi connectivity index (χ1) is 10.2. The van der Waals surface area contributed by atoms with Crippen molar-refractivity contribution < 1.29 is 4.74 Å². The van der Waals surface area contributed by atoms with Crippen molar-refractivity contribution in [3.63, 3.8) is 0 Å². The third-order valence-corrected chi connectivity index (χ3v) is 4.19. The minimum atomic E-state index is 0.516. The maximum absolute atomic E-state index is 5.33. The largest absolute Gasteiger partial charge is 0.479 e. The van der Waals surface area contributed by atoms with Gasteiger partial charge in [-0.05, 0) is 31.5 Å². The Bertz CT molecular complexity index is 631. The van der Waals surface area contributed by atoms with Gasteiger partial charge < -0.3 is 15.0 Å². The summed E-state index contributed by atoms with van der Waals surface area (Å²) in [5, 5.41) is 4.51. The van der Waals surface area contributed by atoms with Crippen molar-refractivity contribution in [2.45, 2.75) is 19.4 Å². The van der Waals surface area contributed by atoms with Crippen LogP contribution >= 0.6 is 0 Å². The van der Waals surface area contributed by atoms with Gasteiger partial charge in [-0.2, -0.15) is 0 Å². The van der Waals surface area contributed by atoms with Crippen LogP contribution < -0.4 is 15.0 Å². The lowest BCUT2D eigenvalue weighted by atomic mass is 9.95. The zero-order valence-electron chi connectivity index (χ0n) is 12.8. The summed E-state index contributed by atoms with van der Waals surface area (Å²) in [5.74, 6) is 1.24. The Hall–Kier alpha value is -1.88. The summed E-state index contributed by atoms with van der Waals surface area (Å²) in [5.41, 5.74) is 1.97. The number of hydrogen-bond acceptors (Lipinski definition) is 5. The summed E-state index contributed by atoms with van der Waals surface area (Å²) in [6.07, 6.45) is 4.91. The second-order valence-corrected chi connectivity index (χ2v) is 5.78. The number of nitrogens with zero attached hydrogens (tertiary/aromatic N) is 3. The van der Waals surface area contributed by atoms with Crippen LogP contribution in [-0.4, -0.2) is 43.3 Å². The SMILES string of the molecule is CNC1C[C@H](C)CN(c2cnc(OC)c3ncccc23)C1. The molecular weight excluding hydrogens is 264 g/mol. The van der Waals surface area contributed by atoms with Gasteiger partial charge in [-0.3, -0.25) is 4.98 Å². The van der Waals surface area contributed by atoms with Crippen LogP contribution in [0.2, 0.25) is 0 Å². The van der Waals surface area contributed by atoms with Crippen molar-refractivity contribution in [3.05, 3.63) is 24.5 Å². The van der Waals surface area contributed by atoms with Gasteiger partial charge >= 0.3 is 0 Å². The lowest BCUT2D eigenvalue weighted by Gasteiger charge is -2.38. The fourth-order valence-electron chi connectivity index (χ4n) is 3.19. The quantitative estimate of drug-likeness (QED) is 0.936. The van der Waals surface area contributed by atoms with Gasteiger partial charge in [0.2, 0.25) is 5.88 Å². The molecule has 0 aromatic carbocycles. The molecule has 5 nitrogen and oxygen atoms in total. The van der Waals surface area contributed by atoms with E-state index in [1.807, 2.05) is 19.3 Å². The first-order valence-electron chi connectivity index (χ1n) is 7.43. The number of ether oxygens (including phenoxy) is 1. The van der Waals surface area contributed by atoms with E-state index in [9.17, 15) is 0 Å². The van der Waals surface area contributed by atoms with Gasteiger partial charge in [0.15, 0.2) is 0 Å². The predicted molar refractivity (Wildman–Crippen MR) is 84.9 cm³/mol. The third-order valence-electron chi connectivity index (χ3n) is 4.19. The van der Waals surface area contributed by atoms with Crippen LogP contribution in [0.1, 0.15) is 13.3 Å². The minimum Gasteiger partial charge on any atom is -0.479 e. The first-order valence-corrected chi connectivity index (χ1v) is 7.43. The molecule has 1 aliphatic rings. The molecule has 2 aromatic rings. The summed E-state index contributed by atoms with van der Waals surface area (Å²) in [4.78, 5) is 11.3. The topological polar surface area (TPSA) is 50.3 Å². The Morgan fingerprint density at radius 1 is 1.33 bits per heavy atom. The van der Waals surface area contributed by atoms with E-state index in [4.69, 9.17) is 4.74 Å². The normalized spacial score (nSPS) is 22.5. The molecule has 1 fully saturated rings. The second-order valence-electron chi connectivity index (χ2n) is 5.78. The van der Waals surface area contributed by atoms with Crippen molar-refractivity contribution in [3.8, 4) is 5.88 Å². The molecular formula is C16H22N4O. The van der Waals surface area contributed by atoms with E-state index in [1.54, 1.807) is 13.3 Å². The number of rotatable bonds is 3. The molecule has 0 radical (unpaired) electrons. The highest BCUT2D eigenvalue weighted by molar-refractivity contribution is 5.94. The van der Waals surface area contributed by atoms with Crippen molar-refractivity contribution in [2.75, 3.05) is 32.1 Å². The average molecular weight is 286 g/mol. The van der Waals surface area contributed by atoms with E-state index in [1.165, 1.54) is 6.42 Å². The van der Waals surface area contributed by atoms with Gasteiger partial charge in [0.25, 0.3) is 0 Å². The van der Waals surface area contributed by atoms with Gasteiger partial charge in [0, 0.05) is 30.7 Å². The Morgan fingerprint density at radius 2 is 2.19 bits per heavy atom. The number of fused-ring (bicyclic) bond motifs is 1. The molecule has 5 heteroatoms. The molecule has 3 rings (SSSR count). The molecule has 0 spiro atoms. The maximum atomic E-state index is 5.33. The Balaban J connectivity index is 2.04. The number of nitrogens with one attached hydrogen (secondary N) is 1. The summed E-state index contributed by atoms with van der Waals surface area (Å²) in [7, 11) is 3.67. The summed E-state index contributed by atoms with van der Waals surface area (Å²) in [6, 6.07) is 4.58. The van der Waals surface area contributed by atoms with E-state index in [2.05, 4.69) is 33.2 Å². The van der Waals surface area contributed by atoms with E-state index in [-0.39, 0.29) is 0 Å². The van der Waals surface area contributed by atoms with E-state index in [0.29, 0.717) is 17.8 Å². The molecule has 112 valence electrons. The van der Waals surface area contributed by atoms with Gasteiger partial charge in [-0.15, -0.1) is 0 Å². The molecule has 21 heavy (non-hydrogen) atoms. The fourth-order valence-corrected chi connectivity index (χ4v) is 3.19. The number of piperidine rings is 1. The minimum absolute atomic E-state index is 0.516. The second kappa shape index (κ2) is 5.85. The van der Waals surface area contributed by atoms with E-state index in [0.717, 1.165) is 29.7 Å². The van der Waals surface area contributed by atoms with Crippen molar-refractivity contribution in [2.24, 2.45) is 5.92 Å². The van der Waals surface area contributed by atoms with Crippen LogP contribution in [0.15, 0.2) is 24.5 Å². The molecule has 0 amide bonds. The van der Waals surface area contributed by atoms with Crippen LogP contribution in [0.3, 0.4) is 0 Å². The van der Waals surface area contributed by atoms with Crippen LogP contribution in [-0.2, 0) is 0 Å². The summed E-state index contributed by atoms with van der Waals surface area (Å²) in [6.45, 7) is 4.35. The zero-order chi connectivity index (χ0) is 14.8. The number of pyridine rings is 2. The predicted octanol–water partition coefficient (Wildman–Crippen LogP) is 2.07. The molecule has 1 unspecified atom stereocenters. The molecule has 1 N–H and O–H groups in total. The highest BCUT2D eigenvalue weighted by atomic mass is 16.5. The van der Waals surface area contributed by atoms with E-state index >= 15 is 0 Å². The van der Waals surface area contributed by atoms with Crippen molar-refractivity contribution in [1.82, 2.24) is 15.3 Å². The lowest BCUT2D eigenvalue weighted by Crippen LogP contribution is -2.47. The number of anilines is 1. The van der Waals surface area contributed by atoms with Crippen LogP contribution in [0.4, 0.5) is 5.69 Å². The molecule has 0 saturated carbocycles. The molecule has 1 saturated heterocycles. The van der Waals surface area contributed by atoms with Gasteiger partial charge in [0.1, 0.15) is 5.52 Å². The molecule has 0 aliphatic carbocycles. The van der Waals surface area contributed by atoms with Gasteiger partial charge in [-0.25, -0.2) is 4.98 Å². The third kappa shape index (κ3) is 2.65. The van der Waals surface area contributed by atoms with Gasteiger partial charge in [-0.1, -0.05) is 6.92 Å². The number of likely N-dealkylation sites (N-methyl/N-ethyl adjacent to an activating group) is 1. The Morgan fingerprint density at radius 3 is 2.95 bits per heavy atom. The smallest absolute Gasteiger partial charge is 0.240 e. The summed E-state index contributed by atoms with van der Waals surface area (Å²) >= 11 is 0. The monoisotopic (exact) mass is 286 g/mol. The Labute approximate surface area is 125 Å². The molecule has 2 atom stereocenters. The van der Waals surface area contributed by atoms with Gasteiger partial charge in [0.05, 0.1) is 19.0 Å². The summed E-state index contributed by atoms with van der Waals surface area (Å²) < 4.78 is 5.33. The van der Waals surface area contributed by atoms with Crippen LogP contribution in [0.5, 0.6) is 5.88 Å². The molecule has 1 aliphatic heterocycles. The number of hydrogen-bond donors (Lipinski definition) is 1. The van der Waals surface area contributed by atoms with Crippen molar-refractivity contribution >= 4 is 16.6 Å². The lowest BCUT2D eigenvalue weighted by molar-refractivity contribution is 0.366. The Kier molecular flexibility index (Phi) is 3.92. The maximum Gasteiger partial charge on any atom is 0.240 e. The fraction of sp³-hybridized carbons (Fsp3) is 0.500. The highest BCUT2D eigenvalue weighted by Gasteiger charge is 2.25. The van der Waals surface area contributed by atoms with Crippen molar-refractivity contribution in [1.29, 1.82) is 0 Å².